The number of aromatic nitrogens is 2. The van der Waals surface area contributed by atoms with E-state index in [1.165, 1.54) is 16.8 Å². The highest BCUT2D eigenvalue weighted by molar-refractivity contribution is 6.33. The molecule has 0 saturated carbocycles. The monoisotopic (exact) mass is 473 g/mol. The molecule has 32 heavy (non-hydrogen) atoms. The van der Waals surface area contributed by atoms with Crippen LogP contribution in [0, 0.1) is 12.7 Å². The van der Waals surface area contributed by atoms with Gasteiger partial charge in [0.25, 0.3) is 5.91 Å². The van der Waals surface area contributed by atoms with Gasteiger partial charge in [-0.2, -0.15) is 5.10 Å². The quantitative estimate of drug-likeness (QED) is 0.351. The molecule has 2 heterocycles. The van der Waals surface area contributed by atoms with Crippen molar-refractivity contribution in [1.29, 1.82) is 0 Å². The van der Waals surface area contributed by atoms with Crippen molar-refractivity contribution in [3.63, 3.8) is 0 Å². The third-order valence-electron chi connectivity index (χ3n) is 4.58. The van der Waals surface area contributed by atoms with Gasteiger partial charge < -0.3 is 14.5 Å². The number of halogens is 3. The SMILES string of the molecule is Cc1cc(OCc2ccc(C(=O)Nc3nn(Cc4cccc(F)c4)cc3Cl)o2)ccc1Cl. The Labute approximate surface area is 193 Å². The van der Waals surface area contributed by atoms with Crippen LogP contribution < -0.4 is 10.1 Å². The fraction of sp³-hybridized carbons (Fsp3) is 0.130. The molecule has 0 atom stereocenters. The van der Waals surface area contributed by atoms with Gasteiger partial charge in [-0.25, -0.2) is 4.39 Å². The number of carbonyl (C=O) groups excluding carboxylic acids is 1. The van der Waals surface area contributed by atoms with E-state index < -0.39 is 5.91 Å². The van der Waals surface area contributed by atoms with Crippen molar-refractivity contribution in [2.24, 2.45) is 0 Å². The molecule has 2 aromatic heterocycles. The van der Waals surface area contributed by atoms with Crippen LogP contribution in [0.5, 0.6) is 5.75 Å². The zero-order valence-electron chi connectivity index (χ0n) is 16.9. The second-order valence-electron chi connectivity index (χ2n) is 7.07. The number of nitrogens with one attached hydrogen (secondary N) is 1. The van der Waals surface area contributed by atoms with Gasteiger partial charge in [-0.15, -0.1) is 0 Å². The van der Waals surface area contributed by atoms with Gasteiger partial charge in [-0.1, -0.05) is 35.3 Å². The summed E-state index contributed by atoms with van der Waals surface area (Å²) in [6.07, 6.45) is 1.55. The van der Waals surface area contributed by atoms with Crippen molar-refractivity contribution in [2.75, 3.05) is 5.32 Å². The maximum atomic E-state index is 13.4. The molecule has 2 aromatic carbocycles. The van der Waals surface area contributed by atoms with Gasteiger partial charge in [0.2, 0.25) is 0 Å². The standard InChI is InChI=1S/C23H18Cl2FN3O3/c1-14-9-17(5-7-19(14)24)31-13-18-6-8-21(32-18)23(30)27-22-20(25)12-29(28-22)11-15-3-2-4-16(26)10-15/h2-10,12H,11,13H2,1H3,(H,27,28,30). The lowest BCUT2D eigenvalue weighted by Gasteiger charge is -2.06. The molecule has 1 amide bonds. The van der Waals surface area contributed by atoms with Gasteiger partial charge in [-0.3, -0.25) is 9.48 Å². The summed E-state index contributed by atoms with van der Waals surface area (Å²) in [7, 11) is 0. The molecule has 9 heteroatoms. The molecule has 1 N–H and O–H groups in total. The Morgan fingerprint density at radius 3 is 2.78 bits per heavy atom. The minimum atomic E-state index is -0.503. The van der Waals surface area contributed by atoms with Gasteiger partial charge in [0, 0.05) is 11.2 Å². The predicted molar refractivity (Wildman–Crippen MR) is 120 cm³/mol. The molecule has 4 aromatic rings. The molecule has 0 unspecified atom stereocenters. The van der Waals surface area contributed by atoms with Crippen LogP contribution in [0.1, 0.15) is 27.4 Å². The van der Waals surface area contributed by atoms with Crippen LogP contribution in [0.3, 0.4) is 0 Å². The van der Waals surface area contributed by atoms with Gasteiger partial charge in [0.05, 0.1) is 6.54 Å². The van der Waals surface area contributed by atoms with Crippen molar-refractivity contribution >= 4 is 34.9 Å². The molecule has 0 aliphatic carbocycles. The number of carbonyl (C=O) groups is 1. The number of ether oxygens (including phenoxy) is 1. The zero-order valence-corrected chi connectivity index (χ0v) is 18.5. The van der Waals surface area contributed by atoms with Crippen LogP contribution in [-0.2, 0) is 13.2 Å². The van der Waals surface area contributed by atoms with E-state index in [2.05, 4.69) is 10.4 Å². The molecular weight excluding hydrogens is 456 g/mol. The van der Waals surface area contributed by atoms with Crippen LogP contribution >= 0.6 is 23.2 Å². The van der Waals surface area contributed by atoms with Crippen LogP contribution in [0.25, 0.3) is 0 Å². The molecule has 0 aliphatic heterocycles. The van der Waals surface area contributed by atoms with E-state index in [1.807, 2.05) is 13.0 Å². The highest BCUT2D eigenvalue weighted by Crippen LogP contribution is 2.23. The van der Waals surface area contributed by atoms with E-state index in [-0.39, 0.29) is 29.0 Å². The van der Waals surface area contributed by atoms with Gasteiger partial charge in [0.15, 0.2) is 11.6 Å². The lowest BCUT2D eigenvalue weighted by atomic mass is 10.2. The summed E-state index contributed by atoms with van der Waals surface area (Å²) in [5.74, 6) is 0.551. The van der Waals surface area contributed by atoms with Crippen molar-refractivity contribution in [3.05, 3.63) is 99.3 Å². The Bertz CT molecular complexity index is 1270. The largest absolute Gasteiger partial charge is 0.486 e. The van der Waals surface area contributed by atoms with Crippen LogP contribution in [0.2, 0.25) is 10.0 Å². The summed E-state index contributed by atoms with van der Waals surface area (Å²) in [5, 5.41) is 7.78. The Morgan fingerprint density at radius 1 is 1.16 bits per heavy atom. The lowest BCUT2D eigenvalue weighted by Crippen LogP contribution is -2.12. The van der Waals surface area contributed by atoms with E-state index in [4.69, 9.17) is 32.4 Å². The van der Waals surface area contributed by atoms with Crippen molar-refractivity contribution in [2.45, 2.75) is 20.1 Å². The minimum absolute atomic E-state index is 0.0895. The summed E-state index contributed by atoms with van der Waals surface area (Å²) in [5.41, 5.74) is 1.62. The number of furan rings is 1. The van der Waals surface area contributed by atoms with Crippen LogP contribution in [0.15, 0.2) is 65.2 Å². The van der Waals surface area contributed by atoms with Crippen LogP contribution in [0.4, 0.5) is 10.2 Å². The lowest BCUT2D eigenvalue weighted by molar-refractivity contribution is 0.0992. The number of anilines is 1. The summed E-state index contributed by atoms with van der Waals surface area (Å²) in [6.45, 7) is 2.34. The molecule has 0 radical (unpaired) electrons. The molecule has 0 spiro atoms. The van der Waals surface area contributed by atoms with Crippen molar-refractivity contribution < 1.29 is 18.3 Å². The molecule has 0 bridgehead atoms. The third kappa shape index (κ3) is 5.30. The summed E-state index contributed by atoms with van der Waals surface area (Å²) >= 11 is 12.2. The second-order valence-corrected chi connectivity index (χ2v) is 7.89. The number of rotatable bonds is 7. The van der Waals surface area contributed by atoms with Gasteiger partial charge >= 0.3 is 0 Å². The Kier molecular flexibility index (Phi) is 6.48. The normalized spacial score (nSPS) is 10.9. The first-order chi connectivity index (χ1) is 15.4. The fourth-order valence-corrected chi connectivity index (χ4v) is 3.31. The fourth-order valence-electron chi connectivity index (χ4n) is 2.99. The van der Waals surface area contributed by atoms with Crippen molar-refractivity contribution in [1.82, 2.24) is 9.78 Å². The number of hydrogen-bond donors (Lipinski definition) is 1. The van der Waals surface area contributed by atoms with E-state index in [1.54, 1.807) is 42.6 Å². The Hall–Kier alpha value is -3.29. The van der Waals surface area contributed by atoms with Crippen molar-refractivity contribution in [3.8, 4) is 5.75 Å². The topological polar surface area (TPSA) is 69.3 Å². The molecule has 4 rings (SSSR count). The summed E-state index contributed by atoms with van der Waals surface area (Å²) in [4.78, 5) is 12.5. The maximum absolute atomic E-state index is 13.4. The molecule has 0 fully saturated rings. The zero-order chi connectivity index (χ0) is 22.7. The number of benzene rings is 2. The molecule has 0 saturated heterocycles. The first-order valence-corrected chi connectivity index (χ1v) is 10.4. The number of hydrogen-bond acceptors (Lipinski definition) is 4. The molecular formula is C23H18Cl2FN3O3. The molecule has 164 valence electrons. The van der Waals surface area contributed by atoms with Gasteiger partial charge in [-0.05, 0) is 60.5 Å². The van der Waals surface area contributed by atoms with Crippen LogP contribution in [-0.4, -0.2) is 15.7 Å². The summed E-state index contributed by atoms with van der Waals surface area (Å²) in [6, 6.07) is 14.7. The highest BCUT2D eigenvalue weighted by atomic mass is 35.5. The summed E-state index contributed by atoms with van der Waals surface area (Å²) < 4.78 is 26.1. The average molecular weight is 474 g/mol. The van der Waals surface area contributed by atoms with E-state index in [0.29, 0.717) is 28.6 Å². The first-order valence-electron chi connectivity index (χ1n) is 9.64. The molecule has 6 nitrogen and oxygen atoms in total. The average Bonchev–Trinajstić information content (AvgIpc) is 3.36. The predicted octanol–water partition coefficient (Wildman–Crippen LogP) is 6.11. The number of nitrogens with zero attached hydrogens (tertiary/aromatic N) is 2. The molecule has 0 aliphatic rings. The maximum Gasteiger partial charge on any atom is 0.292 e. The van der Waals surface area contributed by atoms with E-state index in [9.17, 15) is 9.18 Å². The Balaban J connectivity index is 1.37. The third-order valence-corrected chi connectivity index (χ3v) is 5.28. The number of aryl methyl sites for hydroxylation is 1. The smallest absolute Gasteiger partial charge is 0.292 e. The highest BCUT2D eigenvalue weighted by Gasteiger charge is 2.16. The first kappa shape index (κ1) is 21.9. The second kappa shape index (κ2) is 9.46. The Morgan fingerprint density at radius 2 is 2.00 bits per heavy atom. The van der Waals surface area contributed by atoms with Gasteiger partial charge in [0.1, 0.15) is 29.0 Å². The minimum Gasteiger partial charge on any atom is -0.486 e. The number of amides is 1. The van der Waals surface area contributed by atoms with E-state index >= 15 is 0 Å². The van der Waals surface area contributed by atoms with E-state index in [0.717, 1.165) is 5.56 Å².